The summed E-state index contributed by atoms with van der Waals surface area (Å²) in [5.74, 6) is -0.931. The molecule has 0 atom stereocenters. The van der Waals surface area contributed by atoms with Crippen LogP contribution < -0.4 is 0 Å². The number of hydrogen-bond acceptors (Lipinski definition) is 2. The molecule has 0 aliphatic heterocycles. The molecule has 1 aromatic carbocycles. The fraction of sp³-hybridized carbons (Fsp3) is 0.286. The fourth-order valence-electron chi connectivity index (χ4n) is 1.95. The molecule has 4 heteroatoms. The van der Waals surface area contributed by atoms with Crippen molar-refractivity contribution in [2.75, 3.05) is 0 Å². The van der Waals surface area contributed by atoms with Gasteiger partial charge >= 0.3 is 5.97 Å². The molecule has 18 heavy (non-hydrogen) atoms. The topological polar surface area (TPSA) is 55.1 Å². The third kappa shape index (κ3) is 2.27. The number of aryl methyl sites for hydroxylation is 2. The molecule has 0 unspecified atom stereocenters. The lowest BCUT2D eigenvalue weighted by Gasteiger charge is -2.09. The fourth-order valence-corrected chi connectivity index (χ4v) is 1.95. The standard InChI is InChI=1S/C14H16N2O2/c1-9-4-5-10(2)12(6-9)8-16-11(3)13(7-15-16)14(17)18/h4-7H,8H2,1-3H3,(H,17,18). The van der Waals surface area contributed by atoms with Crippen molar-refractivity contribution < 1.29 is 9.90 Å². The van der Waals surface area contributed by atoms with Gasteiger partial charge in [-0.05, 0) is 31.9 Å². The predicted molar refractivity (Wildman–Crippen MR) is 68.9 cm³/mol. The van der Waals surface area contributed by atoms with Crippen LogP contribution >= 0.6 is 0 Å². The van der Waals surface area contributed by atoms with E-state index in [1.54, 1.807) is 11.6 Å². The molecule has 1 aromatic heterocycles. The van der Waals surface area contributed by atoms with Crippen molar-refractivity contribution in [1.82, 2.24) is 9.78 Å². The summed E-state index contributed by atoms with van der Waals surface area (Å²) in [7, 11) is 0. The number of aromatic carboxylic acids is 1. The Bertz CT molecular complexity index is 600. The Labute approximate surface area is 106 Å². The maximum Gasteiger partial charge on any atom is 0.339 e. The van der Waals surface area contributed by atoms with Gasteiger partial charge in [-0.15, -0.1) is 0 Å². The van der Waals surface area contributed by atoms with E-state index < -0.39 is 5.97 Å². The van der Waals surface area contributed by atoms with Crippen molar-refractivity contribution in [3.8, 4) is 0 Å². The first-order valence-electron chi connectivity index (χ1n) is 5.81. The Hall–Kier alpha value is -2.10. The van der Waals surface area contributed by atoms with Crippen molar-refractivity contribution in [2.24, 2.45) is 0 Å². The van der Waals surface area contributed by atoms with Crippen LogP contribution in [0.4, 0.5) is 0 Å². The molecule has 0 aliphatic rings. The van der Waals surface area contributed by atoms with E-state index in [1.165, 1.54) is 17.3 Å². The van der Waals surface area contributed by atoms with Crippen molar-refractivity contribution in [1.29, 1.82) is 0 Å². The second kappa shape index (κ2) is 4.64. The molecule has 0 saturated heterocycles. The van der Waals surface area contributed by atoms with Crippen molar-refractivity contribution >= 4 is 5.97 Å². The van der Waals surface area contributed by atoms with Crippen molar-refractivity contribution in [3.05, 3.63) is 52.3 Å². The lowest BCUT2D eigenvalue weighted by Crippen LogP contribution is -2.07. The first-order chi connectivity index (χ1) is 8.49. The molecule has 0 radical (unpaired) electrons. The number of carboxylic acid groups (broad SMARTS) is 1. The molecule has 0 aliphatic carbocycles. The lowest BCUT2D eigenvalue weighted by atomic mass is 10.1. The minimum atomic E-state index is -0.931. The highest BCUT2D eigenvalue weighted by molar-refractivity contribution is 5.88. The van der Waals surface area contributed by atoms with E-state index in [-0.39, 0.29) is 5.56 Å². The summed E-state index contributed by atoms with van der Waals surface area (Å²) in [6, 6.07) is 6.25. The van der Waals surface area contributed by atoms with Crippen LogP contribution in [-0.4, -0.2) is 20.9 Å². The highest BCUT2D eigenvalue weighted by Gasteiger charge is 2.13. The Morgan fingerprint density at radius 3 is 2.67 bits per heavy atom. The Balaban J connectivity index is 2.34. The number of aromatic nitrogens is 2. The normalized spacial score (nSPS) is 10.6. The molecule has 1 N–H and O–H groups in total. The summed E-state index contributed by atoms with van der Waals surface area (Å²) >= 11 is 0. The zero-order chi connectivity index (χ0) is 13.3. The second-order valence-electron chi connectivity index (χ2n) is 4.54. The van der Waals surface area contributed by atoms with Gasteiger partial charge in [0.2, 0.25) is 0 Å². The Morgan fingerprint density at radius 2 is 2.06 bits per heavy atom. The summed E-state index contributed by atoms with van der Waals surface area (Å²) in [6.07, 6.45) is 1.41. The van der Waals surface area contributed by atoms with Gasteiger partial charge in [0.05, 0.1) is 18.4 Å². The molecule has 0 fully saturated rings. The summed E-state index contributed by atoms with van der Waals surface area (Å²) in [4.78, 5) is 11.0. The number of nitrogens with zero attached hydrogens (tertiary/aromatic N) is 2. The SMILES string of the molecule is Cc1ccc(C)c(Cn2ncc(C(=O)O)c2C)c1. The van der Waals surface area contributed by atoms with Crippen LogP contribution in [0.1, 0.15) is 32.7 Å². The zero-order valence-corrected chi connectivity index (χ0v) is 10.8. The van der Waals surface area contributed by atoms with E-state index in [0.717, 1.165) is 5.56 Å². The van der Waals surface area contributed by atoms with Crippen LogP contribution in [-0.2, 0) is 6.54 Å². The van der Waals surface area contributed by atoms with Crippen molar-refractivity contribution in [2.45, 2.75) is 27.3 Å². The molecular weight excluding hydrogens is 228 g/mol. The molecule has 1 heterocycles. The summed E-state index contributed by atoms with van der Waals surface area (Å²) in [6.45, 7) is 6.47. The van der Waals surface area contributed by atoms with E-state index in [9.17, 15) is 4.79 Å². The molecule has 2 aromatic rings. The van der Waals surface area contributed by atoms with Crippen LogP contribution in [0.2, 0.25) is 0 Å². The minimum absolute atomic E-state index is 0.264. The maximum atomic E-state index is 11.0. The number of carbonyl (C=O) groups is 1. The highest BCUT2D eigenvalue weighted by Crippen LogP contribution is 2.14. The first kappa shape index (κ1) is 12.4. The smallest absolute Gasteiger partial charge is 0.339 e. The van der Waals surface area contributed by atoms with Gasteiger partial charge in [0, 0.05) is 0 Å². The van der Waals surface area contributed by atoms with E-state index in [1.807, 2.05) is 13.8 Å². The van der Waals surface area contributed by atoms with Crippen LogP contribution in [0.3, 0.4) is 0 Å². The second-order valence-corrected chi connectivity index (χ2v) is 4.54. The molecular formula is C14H16N2O2. The predicted octanol–water partition coefficient (Wildman–Crippen LogP) is 2.55. The third-order valence-electron chi connectivity index (χ3n) is 3.16. The monoisotopic (exact) mass is 244 g/mol. The maximum absolute atomic E-state index is 11.0. The number of benzene rings is 1. The lowest BCUT2D eigenvalue weighted by molar-refractivity contribution is 0.0696. The van der Waals surface area contributed by atoms with E-state index >= 15 is 0 Å². The van der Waals surface area contributed by atoms with E-state index in [4.69, 9.17) is 5.11 Å². The molecule has 2 rings (SSSR count). The average molecular weight is 244 g/mol. The largest absolute Gasteiger partial charge is 0.478 e. The van der Waals surface area contributed by atoms with Gasteiger partial charge in [-0.25, -0.2) is 4.79 Å². The van der Waals surface area contributed by atoms with Crippen LogP contribution in [0.15, 0.2) is 24.4 Å². The quantitative estimate of drug-likeness (QED) is 0.902. The number of carboxylic acids is 1. The van der Waals surface area contributed by atoms with Gasteiger partial charge < -0.3 is 5.11 Å². The van der Waals surface area contributed by atoms with Crippen molar-refractivity contribution in [3.63, 3.8) is 0 Å². The van der Waals surface area contributed by atoms with Gasteiger partial charge in [0.15, 0.2) is 0 Å². The van der Waals surface area contributed by atoms with Crippen LogP contribution in [0.25, 0.3) is 0 Å². The summed E-state index contributed by atoms with van der Waals surface area (Å²) < 4.78 is 1.73. The zero-order valence-electron chi connectivity index (χ0n) is 10.8. The molecule has 0 saturated carbocycles. The van der Waals surface area contributed by atoms with Gasteiger partial charge in [-0.1, -0.05) is 23.8 Å². The van der Waals surface area contributed by atoms with Gasteiger partial charge in [0.1, 0.15) is 5.56 Å². The molecule has 0 amide bonds. The van der Waals surface area contributed by atoms with Gasteiger partial charge in [-0.3, -0.25) is 4.68 Å². The minimum Gasteiger partial charge on any atom is -0.478 e. The van der Waals surface area contributed by atoms with Crippen LogP contribution in [0.5, 0.6) is 0 Å². The molecule has 0 spiro atoms. The number of rotatable bonds is 3. The summed E-state index contributed by atoms with van der Waals surface area (Å²) in [5.41, 5.74) is 4.49. The van der Waals surface area contributed by atoms with Crippen LogP contribution in [0, 0.1) is 20.8 Å². The third-order valence-corrected chi connectivity index (χ3v) is 3.16. The van der Waals surface area contributed by atoms with E-state index in [2.05, 4.69) is 23.3 Å². The van der Waals surface area contributed by atoms with Gasteiger partial charge in [-0.2, -0.15) is 5.10 Å². The summed E-state index contributed by atoms with van der Waals surface area (Å²) in [5, 5.41) is 13.1. The highest BCUT2D eigenvalue weighted by atomic mass is 16.4. The Morgan fingerprint density at radius 1 is 1.33 bits per heavy atom. The van der Waals surface area contributed by atoms with Gasteiger partial charge in [0.25, 0.3) is 0 Å². The first-order valence-corrected chi connectivity index (χ1v) is 5.81. The number of hydrogen-bond donors (Lipinski definition) is 1. The molecule has 94 valence electrons. The average Bonchev–Trinajstić information content (AvgIpc) is 2.66. The van der Waals surface area contributed by atoms with E-state index in [0.29, 0.717) is 12.2 Å². The Kier molecular flexibility index (Phi) is 3.19. The molecule has 4 nitrogen and oxygen atoms in total. The molecule has 0 bridgehead atoms.